The summed E-state index contributed by atoms with van der Waals surface area (Å²) in [5.74, 6) is 0. The maximum atomic E-state index is 4.32. The van der Waals surface area contributed by atoms with Crippen molar-refractivity contribution in [1.29, 1.82) is 0 Å². The van der Waals surface area contributed by atoms with E-state index in [9.17, 15) is 0 Å². The second-order valence-corrected chi connectivity index (χ2v) is 13.9. The molecule has 0 amide bonds. The van der Waals surface area contributed by atoms with Crippen molar-refractivity contribution in [3.63, 3.8) is 0 Å². The van der Waals surface area contributed by atoms with E-state index < -0.39 is 0 Å². The predicted molar refractivity (Wildman–Crippen MR) is 225 cm³/mol. The molecule has 0 spiro atoms. The van der Waals surface area contributed by atoms with E-state index >= 15 is 0 Å². The van der Waals surface area contributed by atoms with Gasteiger partial charge in [-0.1, -0.05) is 101 Å². The molecule has 4 aromatic carbocycles. The van der Waals surface area contributed by atoms with Crippen molar-refractivity contribution in [2.75, 3.05) is 0 Å². The fourth-order valence-electron chi connectivity index (χ4n) is 4.82. The summed E-state index contributed by atoms with van der Waals surface area (Å²) >= 11 is 8.56. The van der Waals surface area contributed by atoms with Gasteiger partial charge in [-0.3, -0.25) is 0 Å². The van der Waals surface area contributed by atoms with Gasteiger partial charge in [-0.2, -0.15) is 0 Å². The molecule has 0 N–H and O–H groups in total. The van der Waals surface area contributed by atoms with Crippen LogP contribution in [0.15, 0.2) is 191 Å². The van der Waals surface area contributed by atoms with Crippen molar-refractivity contribution < 1.29 is 40.2 Å². The van der Waals surface area contributed by atoms with E-state index in [1.54, 1.807) is 29.9 Å². The normalized spacial score (nSPS) is 9.71. The zero-order chi connectivity index (χ0) is 36.5. The van der Waals surface area contributed by atoms with E-state index in [1.165, 1.54) is 10.1 Å². The van der Waals surface area contributed by atoms with Crippen LogP contribution < -0.4 is 0 Å². The Bertz CT molecular complexity index is 2270. The number of hydrogen-bond acceptors (Lipinski definition) is 5. The fourth-order valence-corrected chi connectivity index (χ4v) is 6.53. The van der Waals surface area contributed by atoms with Crippen molar-refractivity contribution in [3.05, 3.63) is 216 Å². The third-order valence-corrected chi connectivity index (χ3v) is 9.38. The molecule has 4 nitrogen and oxygen atoms in total. The Hall–Kier alpha value is -4.30. The number of fused-ring (bicyclic) bond motifs is 1. The third kappa shape index (κ3) is 13.7. The van der Waals surface area contributed by atoms with Crippen LogP contribution in [-0.2, 0) is 40.2 Å². The number of rotatable bonds is 4. The van der Waals surface area contributed by atoms with Gasteiger partial charge in [0.15, 0.2) is 0 Å². The van der Waals surface area contributed by atoms with E-state index in [4.69, 9.17) is 0 Å². The Kier molecular flexibility index (Phi) is 18.6. The summed E-state index contributed by atoms with van der Waals surface area (Å²) in [6, 6.07) is 64.0. The van der Waals surface area contributed by atoms with Crippen LogP contribution in [0.2, 0.25) is 0 Å². The van der Waals surface area contributed by atoms with Gasteiger partial charge < -0.3 is 19.9 Å². The second-order valence-electron chi connectivity index (χ2n) is 11.0. The van der Waals surface area contributed by atoms with Crippen molar-refractivity contribution >= 4 is 53.3 Å². The van der Waals surface area contributed by atoms with Gasteiger partial charge in [0.25, 0.3) is 0 Å². The van der Waals surface area contributed by atoms with E-state index in [-0.39, 0.29) is 40.2 Å². The summed E-state index contributed by atoms with van der Waals surface area (Å²) in [5.41, 5.74) is 6.92. The molecule has 2 radical (unpaired) electrons. The van der Waals surface area contributed by atoms with Crippen LogP contribution in [0.1, 0.15) is 0 Å². The molecule has 0 aliphatic rings. The van der Waals surface area contributed by atoms with Crippen LogP contribution in [0.3, 0.4) is 0 Å². The minimum absolute atomic E-state index is 0. The topological polar surface area (TPSA) is 51.6 Å². The maximum Gasteiger partial charge on any atom is 0.0161 e. The minimum Gasteiger partial charge on any atom is -0.305 e. The number of benzene rings is 4. The summed E-state index contributed by atoms with van der Waals surface area (Å²) in [4.78, 5) is 18.1. The molecule has 0 atom stereocenters. The van der Waals surface area contributed by atoms with E-state index in [2.05, 4.69) is 94.3 Å². The first-order valence-electron chi connectivity index (χ1n) is 16.5. The molecule has 5 heterocycles. The number of thiophene rings is 1. The number of nitrogens with zero attached hydrogens (tertiary/aromatic N) is 4. The molecule has 55 heavy (non-hydrogen) atoms. The molecule has 0 fully saturated rings. The molecule has 0 saturated carbocycles. The minimum atomic E-state index is 0. The Labute approximate surface area is 370 Å². The van der Waals surface area contributed by atoms with Gasteiger partial charge in [0.05, 0.1) is 0 Å². The molecule has 0 unspecified atom stereocenters. The Morgan fingerprint density at radius 3 is 1.29 bits per heavy atom. The van der Waals surface area contributed by atoms with Crippen LogP contribution in [0.25, 0.3) is 54.4 Å². The third-order valence-electron chi connectivity index (χ3n) is 7.30. The maximum absolute atomic E-state index is 4.32. The molecule has 9 rings (SSSR count). The molecule has 9 aromatic rings. The largest absolute Gasteiger partial charge is 0.305 e. The first-order chi connectivity index (χ1) is 26.1. The molecule has 0 aliphatic carbocycles. The molecule has 0 saturated heterocycles. The van der Waals surface area contributed by atoms with Crippen LogP contribution in [0, 0.1) is 24.3 Å². The molecule has 0 aliphatic heterocycles. The van der Waals surface area contributed by atoms with Crippen molar-refractivity contribution in [2.45, 2.75) is 0 Å². The Morgan fingerprint density at radius 1 is 0.418 bits per heavy atom. The van der Waals surface area contributed by atoms with Crippen molar-refractivity contribution in [3.8, 4) is 44.3 Å². The van der Waals surface area contributed by atoms with Gasteiger partial charge in [-0.05, 0) is 50.9 Å². The SMILES string of the molecule is Brc1cc[c-]c(-c2ccccn2)c1.Brc1cc[c-]c(-c2ccccn2)c1.[Ir].[Ir].[c-]1c(-c2ccccn2)sc2ccccc12.[c-]1ccccc1-c1ccccn1. The van der Waals surface area contributed by atoms with Gasteiger partial charge >= 0.3 is 0 Å². The van der Waals surface area contributed by atoms with Crippen molar-refractivity contribution in [2.24, 2.45) is 0 Å². The van der Waals surface area contributed by atoms with Crippen LogP contribution >= 0.6 is 43.2 Å². The van der Waals surface area contributed by atoms with E-state index in [0.717, 1.165) is 53.3 Å². The first kappa shape index (κ1) is 43.4. The Balaban J connectivity index is 0.000000162. The summed E-state index contributed by atoms with van der Waals surface area (Å²) in [5, 5.41) is 1.17. The number of halogens is 2. The number of aromatic nitrogens is 4. The van der Waals surface area contributed by atoms with Gasteiger partial charge in [-0.25, -0.2) is 11.3 Å². The summed E-state index contributed by atoms with van der Waals surface area (Å²) in [6.45, 7) is 0. The first-order valence-corrected chi connectivity index (χ1v) is 18.9. The summed E-state index contributed by atoms with van der Waals surface area (Å²) in [7, 11) is 0. The predicted octanol–water partition coefficient (Wildman–Crippen LogP) is 12.9. The number of pyridine rings is 4. The average molecular weight is 1220 g/mol. The zero-order valence-corrected chi connectivity index (χ0v) is 37.7. The van der Waals surface area contributed by atoms with Crippen LogP contribution in [0.4, 0.5) is 0 Å². The van der Waals surface area contributed by atoms with Crippen molar-refractivity contribution in [1.82, 2.24) is 19.9 Å². The molecule has 5 aromatic heterocycles. The van der Waals surface area contributed by atoms with Gasteiger partial charge in [0, 0.05) is 70.7 Å². The average Bonchev–Trinajstić information content (AvgIpc) is 3.68. The molecule has 0 bridgehead atoms. The van der Waals surface area contributed by atoms with Gasteiger partial charge in [0.1, 0.15) is 0 Å². The van der Waals surface area contributed by atoms with Crippen LogP contribution in [-0.4, -0.2) is 19.9 Å². The molecule has 9 heteroatoms. The second kappa shape index (κ2) is 23.6. The number of hydrogen-bond donors (Lipinski definition) is 0. The zero-order valence-electron chi connectivity index (χ0n) is 28.9. The van der Waals surface area contributed by atoms with Crippen LogP contribution in [0.5, 0.6) is 0 Å². The van der Waals surface area contributed by atoms with E-state index in [0.29, 0.717) is 0 Å². The smallest absolute Gasteiger partial charge is 0.0161 e. The quantitative estimate of drug-likeness (QED) is 0.165. The fraction of sp³-hybridized carbons (Fsp3) is 0. The monoisotopic (exact) mass is 1210 g/mol. The molecular formula is C46H30Br2Ir2N4S-4. The molecular weight excluding hydrogens is 1180 g/mol. The van der Waals surface area contributed by atoms with E-state index in [1.807, 2.05) is 146 Å². The summed E-state index contributed by atoms with van der Waals surface area (Å²) < 4.78 is 3.36. The molecule has 276 valence electrons. The van der Waals surface area contributed by atoms with Gasteiger partial charge in [-0.15, -0.1) is 119 Å². The Morgan fingerprint density at radius 2 is 0.855 bits per heavy atom. The summed E-state index contributed by atoms with van der Waals surface area (Å²) in [6.07, 6.45) is 7.16. The standard InChI is InChI=1S/C13H8NS.2C11H7BrN.C11H8N.2Ir/c1-2-7-12-10(5-1)9-13(15-12)11-6-3-4-8-14-11;2*12-10-5-3-4-9(8-10)11-6-1-2-7-13-11;1-2-6-10(7-3-1)11-8-4-5-9-12-11;;/h1-8H;2*1-3,5-8H;1-6,8-9H;;/q4*-1;;. The van der Waals surface area contributed by atoms with Gasteiger partial charge in [0.2, 0.25) is 0 Å².